The number of hydrogen-bond donors (Lipinski definition) is 1. The molecule has 4 rings (SSSR count). The van der Waals surface area contributed by atoms with Crippen LogP contribution in [0.1, 0.15) is 16.1 Å². The normalized spacial score (nSPS) is 15.2. The highest BCUT2D eigenvalue weighted by Gasteiger charge is 2.35. The van der Waals surface area contributed by atoms with Crippen LogP contribution in [0.5, 0.6) is 0 Å². The van der Waals surface area contributed by atoms with Crippen molar-refractivity contribution in [3.63, 3.8) is 0 Å². The zero-order chi connectivity index (χ0) is 23.0. The van der Waals surface area contributed by atoms with Crippen molar-refractivity contribution in [2.24, 2.45) is 0 Å². The van der Waals surface area contributed by atoms with Crippen LogP contribution in [0.25, 0.3) is 17.4 Å². The number of benzene rings is 2. The minimum Gasteiger partial charge on any atom is -0.545 e. The van der Waals surface area contributed by atoms with Gasteiger partial charge in [-0.3, -0.25) is 14.9 Å². The van der Waals surface area contributed by atoms with Crippen molar-refractivity contribution < 1.29 is 28.3 Å². The first kappa shape index (κ1) is 21.4. The average molecular weight is 470 g/mol. The number of halogens is 2. The van der Waals surface area contributed by atoms with E-state index >= 15 is 0 Å². The molecular weight excluding hydrogens is 459 g/mol. The SMILES string of the molecule is O=C1NC(=S)N(c2ccccc2F)C(=O)/C1=C\c1ccc(-c2cc(C(=O)[O-])ccc2Cl)o1. The van der Waals surface area contributed by atoms with Crippen molar-refractivity contribution in [3.05, 3.63) is 82.3 Å². The molecule has 1 saturated heterocycles. The molecule has 0 aliphatic carbocycles. The lowest BCUT2D eigenvalue weighted by molar-refractivity contribution is -0.255. The van der Waals surface area contributed by atoms with E-state index in [9.17, 15) is 23.9 Å². The highest BCUT2D eigenvalue weighted by molar-refractivity contribution is 7.80. The number of furan rings is 1. The number of thiocarbonyl (C=S) groups is 1. The van der Waals surface area contributed by atoms with Gasteiger partial charge in [-0.2, -0.15) is 0 Å². The van der Waals surface area contributed by atoms with Gasteiger partial charge in [0, 0.05) is 5.56 Å². The Balaban J connectivity index is 1.71. The van der Waals surface area contributed by atoms with Crippen molar-refractivity contribution in [1.82, 2.24) is 5.32 Å². The van der Waals surface area contributed by atoms with E-state index in [1.807, 2.05) is 0 Å². The summed E-state index contributed by atoms with van der Waals surface area (Å²) in [5.74, 6) is -3.38. The van der Waals surface area contributed by atoms with E-state index in [0.717, 1.165) is 11.0 Å². The van der Waals surface area contributed by atoms with E-state index in [-0.39, 0.29) is 44.0 Å². The summed E-state index contributed by atoms with van der Waals surface area (Å²) < 4.78 is 19.9. The van der Waals surface area contributed by atoms with Gasteiger partial charge in [0.25, 0.3) is 11.8 Å². The maximum absolute atomic E-state index is 14.2. The van der Waals surface area contributed by atoms with Crippen LogP contribution in [0.15, 0.2) is 64.6 Å². The Morgan fingerprint density at radius 1 is 1.16 bits per heavy atom. The lowest BCUT2D eigenvalue weighted by Gasteiger charge is -2.28. The Morgan fingerprint density at radius 2 is 1.91 bits per heavy atom. The average Bonchev–Trinajstić information content (AvgIpc) is 3.21. The first-order valence-electron chi connectivity index (χ1n) is 9.03. The standard InChI is InChI=1S/C22H12ClFN2O5S/c23-15-7-5-11(21(29)30)9-13(15)18-8-6-12(31-18)10-14-19(27)25-22(32)26(20(14)28)17-4-2-1-3-16(17)24/h1-10H,(H,29,30)(H,25,27,32)/p-1/b14-10-. The van der Waals surface area contributed by atoms with Crippen molar-refractivity contribution in [3.8, 4) is 11.3 Å². The summed E-state index contributed by atoms with van der Waals surface area (Å²) >= 11 is 11.2. The third-order valence-corrected chi connectivity index (χ3v) is 5.19. The summed E-state index contributed by atoms with van der Waals surface area (Å²) in [6.07, 6.45) is 1.17. The molecular formula is C22H11ClFN2O5S-. The number of para-hydroxylation sites is 1. The van der Waals surface area contributed by atoms with E-state index < -0.39 is 23.6 Å². The van der Waals surface area contributed by atoms with Gasteiger partial charge in [0.05, 0.1) is 16.7 Å². The molecule has 32 heavy (non-hydrogen) atoms. The molecule has 0 spiro atoms. The van der Waals surface area contributed by atoms with E-state index in [1.165, 1.54) is 54.6 Å². The maximum Gasteiger partial charge on any atom is 0.270 e. The number of carbonyl (C=O) groups excluding carboxylic acids is 3. The number of carbonyl (C=O) groups is 3. The van der Waals surface area contributed by atoms with E-state index in [4.69, 9.17) is 28.2 Å². The van der Waals surface area contributed by atoms with Crippen LogP contribution < -0.4 is 15.3 Å². The molecule has 1 aromatic heterocycles. The molecule has 1 N–H and O–H groups in total. The molecule has 1 aliphatic rings. The van der Waals surface area contributed by atoms with Crippen molar-refractivity contribution in [2.45, 2.75) is 0 Å². The molecule has 0 unspecified atom stereocenters. The third kappa shape index (κ3) is 3.91. The van der Waals surface area contributed by atoms with Crippen molar-refractivity contribution in [2.75, 3.05) is 4.90 Å². The zero-order valence-corrected chi connectivity index (χ0v) is 17.5. The number of nitrogens with one attached hydrogen (secondary N) is 1. The maximum atomic E-state index is 14.2. The quantitative estimate of drug-likeness (QED) is 0.358. The number of aromatic carboxylic acids is 1. The Labute approximate surface area is 190 Å². The molecule has 1 aliphatic heterocycles. The Hall–Kier alpha value is -3.82. The van der Waals surface area contributed by atoms with Gasteiger partial charge >= 0.3 is 0 Å². The van der Waals surface area contributed by atoms with E-state index in [1.54, 1.807) is 0 Å². The fraction of sp³-hybridized carbons (Fsp3) is 0. The van der Waals surface area contributed by atoms with Crippen LogP contribution in [0.2, 0.25) is 5.02 Å². The van der Waals surface area contributed by atoms with Crippen molar-refractivity contribution >= 4 is 58.5 Å². The van der Waals surface area contributed by atoms with Gasteiger partial charge in [-0.25, -0.2) is 9.29 Å². The lowest BCUT2D eigenvalue weighted by atomic mass is 10.1. The molecule has 10 heteroatoms. The summed E-state index contributed by atoms with van der Waals surface area (Å²) in [4.78, 5) is 37.3. The fourth-order valence-electron chi connectivity index (χ4n) is 3.07. The molecule has 7 nitrogen and oxygen atoms in total. The summed E-state index contributed by atoms with van der Waals surface area (Å²) in [7, 11) is 0. The second-order valence-corrected chi connectivity index (χ2v) is 7.39. The Kier molecular flexibility index (Phi) is 5.60. The monoisotopic (exact) mass is 469 g/mol. The molecule has 0 atom stereocenters. The smallest absolute Gasteiger partial charge is 0.270 e. The molecule has 2 heterocycles. The summed E-state index contributed by atoms with van der Waals surface area (Å²) in [5, 5.41) is 13.4. The molecule has 1 fully saturated rings. The summed E-state index contributed by atoms with van der Waals surface area (Å²) in [6.45, 7) is 0. The van der Waals surface area contributed by atoms with Crippen LogP contribution in [-0.2, 0) is 9.59 Å². The van der Waals surface area contributed by atoms with E-state index in [2.05, 4.69) is 5.32 Å². The predicted octanol–water partition coefficient (Wildman–Crippen LogP) is 2.93. The van der Waals surface area contributed by atoms with Crippen LogP contribution in [-0.4, -0.2) is 22.9 Å². The van der Waals surface area contributed by atoms with Gasteiger partial charge in [-0.1, -0.05) is 29.8 Å². The van der Waals surface area contributed by atoms with E-state index in [0.29, 0.717) is 0 Å². The summed E-state index contributed by atoms with van der Waals surface area (Å²) in [6, 6.07) is 12.4. The van der Waals surface area contributed by atoms with Crippen LogP contribution in [0, 0.1) is 5.82 Å². The molecule has 0 saturated carbocycles. The summed E-state index contributed by atoms with van der Waals surface area (Å²) in [5.41, 5.74) is -0.264. The Bertz CT molecular complexity index is 1330. The molecule has 2 amide bonds. The number of nitrogens with zero attached hydrogens (tertiary/aromatic N) is 1. The molecule has 0 radical (unpaired) electrons. The largest absolute Gasteiger partial charge is 0.545 e. The molecule has 2 aromatic carbocycles. The number of carboxylic acids is 1. The predicted molar refractivity (Wildman–Crippen MR) is 116 cm³/mol. The minimum absolute atomic E-state index is 0.100. The minimum atomic E-state index is -1.38. The van der Waals surface area contributed by atoms with Gasteiger partial charge in [0.1, 0.15) is 22.9 Å². The van der Waals surface area contributed by atoms with Crippen molar-refractivity contribution in [1.29, 1.82) is 0 Å². The van der Waals surface area contributed by atoms with Gasteiger partial charge in [-0.15, -0.1) is 0 Å². The number of hydrogen-bond acceptors (Lipinski definition) is 6. The molecule has 3 aromatic rings. The number of carboxylic acid groups (broad SMARTS) is 1. The topological polar surface area (TPSA) is 103 Å². The van der Waals surface area contributed by atoms with Gasteiger partial charge in [-0.05, 0) is 60.3 Å². The lowest BCUT2D eigenvalue weighted by Crippen LogP contribution is -2.54. The first-order chi connectivity index (χ1) is 15.3. The fourth-order valence-corrected chi connectivity index (χ4v) is 3.55. The van der Waals surface area contributed by atoms with Gasteiger partial charge in [0.15, 0.2) is 5.11 Å². The number of anilines is 1. The second kappa shape index (κ2) is 8.37. The highest BCUT2D eigenvalue weighted by Crippen LogP contribution is 2.31. The zero-order valence-electron chi connectivity index (χ0n) is 15.9. The van der Waals surface area contributed by atoms with Crippen LogP contribution >= 0.6 is 23.8 Å². The third-order valence-electron chi connectivity index (χ3n) is 4.58. The molecule has 0 bridgehead atoms. The number of amides is 2. The second-order valence-electron chi connectivity index (χ2n) is 6.59. The van der Waals surface area contributed by atoms with Gasteiger partial charge in [0.2, 0.25) is 0 Å². The van der Waals surface area contributed by atoms with Crippen LogP contribution in [0.4, 0.5) is 10.1 Å². The Morgan fingerprint density at radius 3 is 2.62 bits per heavy atom. The van der Waals surface area contributed by atoms with Gasteiger partial charge < -0.3 is 14.3 Å². The first-order valence-corrected chi connectivity index (χ1v) is 9.82. The number of rotatable bonds is 4. The van der Waals surface area contributed by atoms with Crippen LogP contribution in [0.3, 0.4) is 0 Å². The highest BCUT2D eigenvalue weighted by atomic mass is 35.5. The molecule has 160 valence electrons.